The first kappa shape index (κ1) is 20.3. The Hall–Kier alpha value is -3.48. The summed E-state index contributed by atoms with van der Waals surface area (Å²) in [6, 6.07) is 17.7. The Morgan fingerprint density at radius 3 is 2.31 bits per heavy atom. The van der Waals surface area contributed by atoms with Crippen LogP contribution in [0.2, 0.25) is 0 Å². The minimum Gasteiger partial charge on any atom is -0.424 e. The van der Waals surface area contributed by atoms with Gasteiger partial charge in [0.25, 0.3) is 0 Å². The van der Waals surface area contributed by atoms with Crippen molar-refractivity contribution in [1.82, 2.24) is 15.0 Å². The van der Waals surface area contributed by atoms with Crippen molar-refractivity contribution < 1.29 is 4.74 Å². The van der Waals surface area contributed by atoms with Crippen molar-refractivity contribution in [3.05, 3.63) is 60.2 Å². The molecule has 0 fully saturated rings. The number of aromatic nitrogens is 3. The number of nitrogens with one attached hydrogen (secondary N) is 1. The van der Waals surface area contributed by atoms with Gasteiger partial charge in [0.1, 0.15) is 5.75 Å². The van der Waals surface area contributed by atoms with Crippen LogP contribution in [0.15, 0.2) is 59.6 Å². The molecule has 3 aromatic rings. The number of anilines is 2. The number of hydrogen-bond acceptors (Lipinski definition) is 7. The van der Waals surface area contributed by atoms with Gasteiger partial charge in [0.2, 0.25) is 11.9 Å². The quantitative estimate of drug-likeness (QED) is 0.534. The summed E-state index contributed by atoms with van der Waals surface area (Å²) in [5.74, 6) is 1.76. The third-order valence-corrected chi connectivity index (χ3v) is 4.19. The van der Waals surface area contributed by atoms with Gasteiger partial charge in [-0.25, -0.2) is 0 Å². The molecule has 29 heavy (non-hydrogen) atoms. The molecule has 0 spiro atoms. The highest BCUT2D eigenvalue weighted by molar-refractivity contribution is 5.82. The summed E-state index contributed by atoms with van der Waals surface area (Å²) in [6.45, 7) is 8.46. The summed E-state index contributed by atoms with van der Waals surface area (Å²) in [4.78, 5) is 19.8. The molecule has 0 unspecified atom stereocenters. The zero-order valence-electron chi connectivity index (χ0n) is 17.0. The van der Waals surface area contributed by atoms with Gasteiger partial charge in [-0.1, -0.05) is 18.2 Å². The second-order valence-corrected chi connectivity index (χ2v) is 6.21. The summed E-state index contributed by atoms with van der Waals surface area (Å²) in [5.41, 5.74) is 1.90. The fourth-order valence-corrected chi connectivity index (χ4v) is 2.67. The molecular formula is C22H26N6O. The molecule has 7 nitrogen and oxygen atoms in total. The minimum absolute atomic E-state index is 0.267. The fourth-order valence-electron chi connectivity index (χ4n) is 2.67. The topological polar surface area (TPSA) is 75.5 Å². The zero-order chi connectivity index (χ0) is 20.5. The predicted octanol–water partition coefficient (Wildman–Crippen LogP) is 4.69. The molecular weight excluding hydrogens is 364 g/mol. The van der Waals surface area contributed by atoms with Crippen molar-refractivity contribution in [3.63, 3.8) is 0 Å². The number of ether oxygens (including phenoxy) is 1. The highest BCUT2D eigenvalue weighted by Crippen LogP contribution is 2.22. The van der Waals surface area contributed by atoms with Crippen LogP contribution in [0, 0.1) is 0 Å². The van der Waals surface area contributed by atoms with Crippen LogP contribution in [0.3, 0.4) is 0 Å². The number of hydrogen-bond donors (Lipinski definition) is 1. The van der Waals surface area contributed by atoms with E-state index in [0.717, 1.165) is 30.9 Å². The summed E-state index contributed by atoms with van der Waals surface area (Å²) in [5, 5.41) is 3.13. The Morgan fingerprint density at radius 2 is 1.66 bits per heavy atom. The lowest BCUT2D eigenvalue weighted by atomic mass is 10.2. The Bertz CT molecular complexity index is 924. The maximum Gasteiger partial charge on any atom is 0.328 e. The first-order valence-corrected chi connectivity index (χ1v) is 9.83. The summed E-state index contributed by atoms with van der Waals surface area (Å²) >= 11 is 0. The van der Waals surface area contributed by atoms with Crippen LogP contribution in [0.5, 0.6) is 11.8 Å². The van der Waals surface area contributed by atoms with Gasteiger partial charge in [-0.05, 0) is 62.7 Å². The smallest absolute Gasteiger partial charge is 0.328 e. The second-order valence-electron chi connectivity index (χ2n) is 6.21. The van der Waals surface area contributed by atoms with Crippen LogP contribution >= 0.6 is 0 Å². The van der Waals surface area contributed by atoms with Crippen LogP contribution in [0.1, 0.15) is 26.3 Å². The molecule has 0 radical (unpaired) electrons. The van der Waals surface area contributed by atoms with E-state index in [-0.39, 0.29) is 6.01 Å². The maximum absolute atomic E-state index is 5.89. The highest BCUT2D eigenvalue weighted by atomic mass is 16.5. The van der Waals surface area contributed by atoms with E-state index in [1.54, 1.807) is 0 Å². The molecule has 2 aromatic carbocycles. The lowest BCUT2D eigenvalue weighted by Crippen LogP contribution is -2.25. The molecule has 0 aliphatic rings. The molecule has 150 valence electrons. The maximum atomic E-state index is 5.89. The van der Waals surface area contributed by atoms with Gasteiger partial charge in [0.15, 0.2) is 0 Å². The lowest BCUT2D eigenvalue weighted by molar-refractivity contribution is 0.440. The van der Waals surface area contributed by atoms with Crippen molar-refractivity contribution in [2.24, 2.45) is 4.99 Å². The monoisotopic (exact) mass is 390 g/mol. The van der Waals surface area contributed by atoms with Crippen LogP contribution in [-0.2, 0) is 0 Å². The van der Waals surface area contributed by atoms with E-state index in [1.807, 2.05) is 67.7 Å². The first-order valence-electron chi connectivity index (χ1n) is 9.83. The molecule has 7 heteroatoms. The minimum atomic E-state index is 0.267. The summed E-state index contributed by atoms with van der Waals surface area (Å²) in [6.07, 6.45) is 1.82. The van der Waals surface area contributed by atoms with E-state index in [2.05, 4.69) is 44.0 Å². The predicted molar refractivity (Wildman–Crippen MR) is 118 cm³/mol. The molecule has 3 rings (SSSR count). The normalized spacial score (nSPS) is 10.9. The molecule has 0 bridgehead atoms. The van der Waals surface area contributed by atoms with Crippen molar-refractivity contribution in [1.29, 1.82) is 0 Å². The molecule has 0 aliphatic heterocycles. The van der Waals surface area contributed by atoms with Crippen molar-refractivity contribution in [3.8, 4) is 11.8 Å². The van der Waals surface area contributed by atoms with Gasteiger partial charge in [-0.2, -0.15) is 15.0 Å². The van der Waals surface area contributed by atoms with Crippen molar-refractivity contribution in [2.75, 3.05) is 29.9 Å². The Labute approximate surface area is 171 Å². The van der Waals surface area contributed by atoms with Gasteiger partial charge in [0, 0.05) is 25.8 Å². The van der Waals surface area contributed by atoms with Crippen LogP contribution in [0.25, 0.3) is 0 Å². The molecule has 1 heterocycles. The highest BCUT2D eigenvalue weighted by Gasteiger charge is 2.12. The van der Waals surface area contributed by atoms with Gasteiger partial charge < -0.3 is 15.0 Å². The van der Waals surface area contributed by atoms with E-state index in [0.29, 0.717) is 17.6 Å². The molecule has 1 N–H and O–H groups in total. The SMILES string of the molecule is CCNc1nc(Oc2ccc(C=Nc3ccccc3)cc2)nc(N(CC)CC)n1. The van der Waals surface area contributed by atoms with Crippen LogP contribution in [-0.4, -0.2) is 40.8 Å². The fraction of sp³-hybridized carbons (Fsp3) is 0.273. The van der Waals surface area contributed by atoms with E-state index in [4.69, 9.17) is 4.74 Å². The average molecular weight is 390 g/mol. The second kappa shape index (κ2) is 10.2. The molecule has 0 amide bonds. The van der Waals surface area contributed by atoms with E-state index in [9.17, 15) is 0 Å². The Morgan fingerprint density at radius 1 is 0.931 bits per heavy atom. The average Bonchev–Trinajstić information content (AvgIpc) is 2.75. The zero-order valence-corrected chi connectivity index (χ0v) is 17.0. The number of benzene rings is 2. The van der Waals surface area contributed by atoms with Gasteiger partial charge >= 0.3 is 6.01 Å². The Kier molecular flexibility index (Phi) is 7.10. The van der Waals surface area contributed by atoms with Crippen LogP contribution in [0.4, 0.5) is 17.6 Å². The van der Waals surface area contributed by atoms with Gasteiger partial charge in [0.05, 0.1) is 5.69 Å². The lowest BCUT2D eigenvalue weighted by Gasteiger charge is -2.19. The summed E-state index contributed by atoms with van der Waals surface area (Å²) in [7, 11) is 0. The van der Waals surface area contributed by atoms with Crippen molar-refractivity contribution in [2.45, 2.75) is 20.8 Å². The molecule has 0 saturated heterocycles. The molecule has 0 saturated carbocycles. The van der Waals surface area contributed by atoms with Gasteiger partial charge in [-0.3, -0.25) is 4.99 Å². The van der Waals surface area contributed by atoms with Crippen LogP contribution < -0.4 is 15.0 Å². The van der Waals surface area contributed by atoms with Gasteiger partial charge in [-0.15, -0.1) is 0 Å². The third kappa shape index (κ3) is 5.75. The summed E-state index contributed by atoms with van der Waals surface area (Å²) < 4.78 is 5.89. The standard InChI is InChI=1S/C22H26N6O/c1-4-23-20-25-21(28(5-2)6-3)27-22(26-20)29-19-14-12-17(13-15-19)16-24-18-10-8-7-9-11-18/h7-16H,4-6H2,1-3H3,(H,23,25,26,27). The molecule has 0 aliphatic carbocycles. The van der Waals surface area contributed by atoms with E-state index in [1.165, 1.54) is 0 Å². The van der Waals surface area contributed by atoms with E-state index >= 15 is 0 Å². The number of nitrogens with zero attached hydrogens (tertiary/aromatic N) is 5. The van der Waals surface area contributed by atoms with E-state index < -0.39 is 0 Å². The first-order chi connectivity index (χ1) is 14.2. The third-order valence-electron chi connectivity index (χ3n) is 4.19. The number of para-hydroxylation sites is 1. The van der Waals surface area contributed by atoms with Crippen molar-refractivity contribution >= 4 is 23.8 Å². The number of aliphatic imine (C=N–C) groups is 1. The number of rotatable bonds is 9. The largest absolute Gasteiger partial charge is 0.424 e. The molecule has 1 aromatic heterocycles. The Balaban J connectivity index is 1.75. The molecule has 0 atom stereocenters.